The topological polar surface area (TPSA) is 52.6 Å². The highest BCUT2D eigenvalue weighted by Gasteiger charge is 2.15. The minimum Gasteiger partial charge on any atom is -0.357 e. The summed E-state index contributed by atoms with van der Waals surface area (Å²) >= 11 is 0. The molecule has 1 saturated carbocycles. The number of nitrogens with zero attached hydrogens (tertiary/aromatic N) is 3. The number of piperidine rings is 1. The van der Waals surface area contributed by atoms with Crippen molar-refractivity contribution in [2.45, 2.75) is 70.9 Å². The molecule has 1 aromatic heterocycles. The van der Waals surface area contributed by atoms with Gasteiger partial charge in [0.05, 0.1) is 6.54 Å². The lowest BCUT2D eigenvalue weighted by atomic mass is 9.96. The first kappa shape index (κ1) is 21.3. The van der Waals surface area contributed by atoms with Crippen LogP contribution in [0, 0.1) is 0 Å². The molecule has 3 rings (SSSR count). The maximum Gasteiger partial charge on any atom is 0.191 e. The molecule has 2 fully saturated rings. The van der Waals surface area contributed by atoms with Crippen LogP contribution < -0.4 is 15.5 Å². The zero-order chi connectivity index (χ0) is 17.3. The second-order valence-corrected chi connectivity index (χ2v) is 7.24. The van der Waals surface area contributed by atoms with Crippen LogP contribution in [0.3, 0.4) is 0 Å². The molecule has 5 nitrogen and oxygen atoms in total. The van der Waals surface area contributed by atoms with Crippen molar-refractivity contribution in [3.8, 4) is 0 Å². The number of hydrogen-bond acceptors (Lipinski definition) is 3. The van der Waals surface area contributed by atoms with Crippen LogP contribution in [-0.4, -0.2) is 36.6 Å². The summed E-state index contributed by atoms with van der Waals surface area (Å²) in [6, 6.07) is 4.87. The Hall–Kier alpha value is -1.05. The van der Waals surface area contributed by atoms with Gasteiger partial charge in [-0.25, -0.2) is 9.98 Å². The predicted octanol–water partition coefficient (Wildman–Crippen LogP) is 4.08. The monoisotopic (exact) mass is 471 g/mol. The van der Waals surface area contributed by atoms with E-state index >= 15 is 0 Å². The van der Waals surface area contributed by atoms with Crippen molar-refractivity contribution in [1.82, 2.24) is 15.6 Å². The van der Waals surface area contributed by atoms with Crippen molar-refractivity contribution >= 4 is 35.8 Å². The highest BCUT2D eigenvalue weighted by atomic mass is 127. The van der Waals surface area contributed by atoms with Gasteiger partial charge in [0.25, 0.3) is 0 Å². The van der Waals surface area contributed by atoms with Gasteiger partial charge in [-0.2, -0.15) is 0 Å². The average Bonchev–Trinajstić information content (AvgIpc) is 2.68. The second kappa shape index (κ2) is 11.6. The van der Waals surface area contributed by atoms with Gasteiger partial charge in [0, 0.05) is 31.9 Å². The van der Waals surface area contributed by atoms with E-state index in [4.69, 9.17) is 4.99 Å². The lowest BCUT2D eigenvalue weighted by Gasteiger charge is -2.28. The van der Waals surface area contributed by atoms with Crippen molar-refractivity contribution in [3.63, 3.8) is 0 Å². The fourth-order valence-electron chi connectivity index (χ4n) is 3.79. The molecule has 2 N–H and O–H groups in total. The molecule has 0 atom stereocenters. The molecule has 0 amide bonds. The first-order chi connectivity index (χ1) is 12.3. The Morgan fingerprint density at radius 1 is 1.15 bits per heavy atom. The van der Waals surface area contributed by atoms with Gasteiger partial charge in [-0.1, -0.05) is 19.3 Å². The minimum absolute atomic E-state index is 0. The smallest absolute Gasteiger partial charge is 0.191 e. The number of nitrogens with one attached hydrogen (secondary N) is 2. The number of aliphatic imine (C=N–C) groups is 1. The Morgan fingerprint density at radius 2 is 1.88 bits per heavy atom. The molecule has 2 heterocycles. The normalized spacial score (nSPS) is 19.0. The number of hydrogen-bond donors (Lipinski definition) is 2. The van der Waals surface area contributed by atoms with E-state index in [-0.39, 0.29) is 24.0 Å². The zero-order valence-corrected chi connectivity index (χ0v) is 18.4. The summed E-state index contributed by atoms with van der Waals surface area (Å²) in [5, 5.41) is 7.01. The van der Waals surface area contributed by atoms with Gasteiger partial charge < -0.3 is 15.5 Å². The Balaban J connectivity index is 0.00000243. The number of aromatic nitrogens is 1. The molecule has 1 aromatic rings. The van der Waals surface area contributed by atoms with Crippen LogP contribution >= 0.6 is 24.0 Å². The van der Waals surface area contributed by atoms with Crippen LogP contribution in [0.25, 0.3) is 0 Å². The van der Waals surface area contributed by atoms with E-state index in [2.05, 4.69) is 39.6 Å². The quantitative estimate of drug-likeness (QED) is 0.386. The van der Waals surface area contributed by atoms with E-state index in [9.17, 15) is 0 Å². The number of rotatable bonds is 5. The van der Waals surface area contributed by atoms with Crippen LogP contribution in [0.5, 0.6) is 0 Å². The van der Waals surface area contributed by atoms with Gasteiger partial charge in [-0.3, -0.25) is 0 Å². The van der Waals surface area contributed by atoms with Crippen molar-refractivity contribution in [1.29, 1.82) is 0 Å². The molecule has 0 bridgehead atoms. The molecule has 1 saturated heterocycles. The van der Waals surface area contributed by atoms with E-state index in [1.54, 1.807) is 0 Å². The Kier molecular flexibility index (Phi) is 9.50. The van der Waals surface area contributed by atoms with E-state index in [0.717, 1.165) is 31.4 Å². The maximum atomic E-state index is 4.81. The van der Waals surface area contributed by atoms with Gasteiger partial charge in [0.2, 0.25) is 0 Å². The van der Waals surface area contributed by atoms with E-state index in [0.29, 0.717) is 12.6 Å². The van der Waals surface area contributed by atoms with Gasteiger partial charge in [0.1, 0.15) is 5.82 Å². The molecule has 0 spiro atoms. The highest BCUT2D eigenvalue weighted by molar-refractivity contribution is 14.0. The third-order valence-corrected chi connectivity index (χ3v) is 5.20. The lowest BCUT2D eigenvalue weighted by molar-refractivity contribution is 0.410. The van der Waals surface area contributed by atoms with Crippen molar-refractivity contribution in [2.24, 2.45) is 4.99 Å². The SMILES string of the molecule is CCNC(=NCc1ccnc(N2CCCCC2)c1)NC1CCCCC1.I. The maximum absolute atomic E-state index is 4.81. The molecule has 26 heavy (non-hydrogen) atoms. The zero-order valence-electron chi connectivity index (χ0n) is 16.0. The van der Waals surface area contributed by atoms with Crippen molar-refractivity contribution in [2.75, 3.05) is 24.5 Å². The molecule has 0 radical (unpaired) electrons. The first-order valence-electron chi connectivity index (χ1n) is 10.1. The van der Waals surface area contributed by atoms with Crippen LogP contribution in [0.15, 0.2) is 23.3 Å². The molecule has 146 valence electrons. The van der Waals surface area contributed by atoms with Gasteiger partial charge in [0.15, 0.2) is 5.96 Å². The Bertz CT molecular complexity index is 551. The molecule has 0 aromatic carbocycles. The largest absolute Gasteiger partial charge is 0.357 e. The number of halogens is 1. The molecule has 1 aliphatic heterocycles. The molecule has 0 unspecified atom stereocenters. The predicted molar refractivity (Wildman–Crippen MR) is 121 cm³/mol. The lowest BCUT2D eigenvalue weighted by Crippen LogP contribution is -2.44. The summed E-state index contributed by atoms with van der Waals surface area (Å²) in [4.78, 5) is 11.8. The third kappa shape index (κ3) is 6.59. The number of guanidine groups is 1. The van der Waals surface area contributed by atoms with Gasteiger partial charge in [-0.05, 0) is 56.7 Å². The van der Waals surface area contributed by atoms with Gasteiger partial charge >= 0.3 is 0 Å². The van der Waals surface area contributed by atoms with E-state index in [1.165, 1.54) is 56.9 Å². The number of pyridine rings is 1. The third-order valence-electron chi connectivity index (χ3n) is 5.20. The standard InChI is InChI=1S/C20H33N5.HI/c1-2-21-20(24-18-9-5-3-6-10-18)23-16-17-11-12-22-19(15-17)25-13-7-4-8-14-25;/h11-12,15,18H,2-10,13-14,16H2,1H3,(H2,21,23,24);1H. The average molecular weight is 471 g/mol. The molecule has 2 aliphatic rings. The summed E-state index contributed by atoms with van der Waals surface area (Å²) in [5.41, 5.74) is 1.23. The fraction of sp³-hybridized carbons (Fsp3) is 0.700. The van der Waals surface area contributed by atoms with Crippen molar-refractivity contribution in [3.05, 3.63) is 23.9 Å². The Morgan fingerprint density at radius 3 is 2.62 bits per heavy atom. The summed E-state index contributed by atoms with van der Waals surface area (Å²) in [7, 11) is 0. The number of anilines is 1. The summed E-state index contributed by atoms with van der Waals surface area (Å²) in [5.74, 6) is 2.06. The molecular formula is C20H34IN5. The molecule has 1 aliphatic carbocycles. The highest BCUT2D eigenvalue weighted by Crippen LogP contribution is 2.19. The molecular weight excluding hydrogens is 437 g/mol. The van der Waals surface area contributed by atoms with Crippen molar-refractivity contribution < 1.29 is 0 Å². The minimum atomic E-state index is 0. The Labute approximate surface area is 175 Å². The second-order valence-electron chi connectivity index (χ2n) is 7.24. The fourth-order valence-corrected chi connectivity index (χ4v) is 3.79. The summed E-state index contributed by atoms with van der Waals surface area (Å²) < 4.78 is 0. The summed E-state index contributed by atoms with van der Waals surface area (Å²) in [6.45, 7) is 5.98. The van der Waals surface area contributed by atoms with Gasteiger partial charge in [-0.15, -0.1) is 24.0 Å². The molecule has 6 heteroatoms. The van der Waals surface area contributed by atoms with Crippen LogP contribution in [-0.2, 0) is 6.54 Å². The van der Waals surface area contributed by atoms with Crippen LogP contribution in [0.4, 0.5) is 5.82 Å². The first-order valence-corrected chi connectivity index (χ1v) is 10.1. The van der Waals surface area contributed by atoms with E-state index < -0.39 is 0 Å². The summed E-state index contributed by atoms with van der Waals surface area (Å²) in [6.07, 6.45) is 12.4. The van der Waals surface area contributed by atoms with Crippen LogP contribution in [0.1, 0.15) is 63.9 Å². The van der Waals surface area contributed by atoms with Crippen LogP contribution in [0.2, 0.25) is 0 Å². The van der Waals surface area contributed by atoms with E-state index in [1.807, 2.05) is 6.20 Å².